The summed E-state index contributed by atoms with van der Waals surface area (Å²) in [6.07, 6.45) is 3.05. The molecule has 2 fully saturated rings. The highest BCUT2D eigenvalue weighted by atomic mass is 16.5. The fourth-order valence-corrected chi connectivity index (χ4v) is 5.97. The number of para-hydroxylation sites is 1. The standard InChI is InChI=1S/C30H37N7O3/c1-3-21-10-11-26-23(17-21)18-25(30(38)31-26)28(29-32-33-34-37(29)20-24-8-6-16-40-24)36-14-12-35(13-15-36)19-22-7-4-5-9-27(22)39-2/h4-5,7,9-11,17-18,24,28H,3,6,8,12-16,19-20H2,1-2H3,(H,31,38)/t24-,28+/m0/s1. The van der Waals surface area contributed by atoms with Crippen LogP contribution in [0.5, 0.6) is 5.75 Å². The number of aromatic amines is 1. The fourth-order valence-electron chi connectivity index (χ4n) is 5.97. The zero-order chi connectivity index (χ0) is 27.5. The van der Waals surface area contributed by atoms with E-state index in [1.54, 1.807) is 7.11 Å². The molecule has 2 aromatic carbocycles. The van der Waals surface area contributed by atoms with Gasteiger partial charge in [-0.25, -0.2) is 4.68 Å². The Bertz CT molecular complexity index is 1500. The quantitative estimate of drug-likeness (QED) is 0.344. The van der Waals surface area contributed by atoms with Crippen molar-refractivity contribution in [2.45, 2.75) is 51.4 Å². The minimum Gasteiger partial charge on any atom is -0.496 e. The van der Waals surface area contributed by atoms with Crippen LogP contribution in [-0.4, -0.2) is 81.0 Å². The summed E-state index contributed by atoms with van der Waals surface area (Å²) < 4.78 is 13.3. The molecule has 2 saturated heterocycles. The van der Waals surface area contributed by atoms with Gasteiger partial charge in [-0.15, -0.1) is 5.10 Å². The van der Waals surface area contributed by atoms with Gasteiger partial charge in [-0.1, -0.05) is 31.2 Å². The second-order valence-electron chi connectivity index (χ2n) is 10.7. The maximum absolute atomic E-state index is 13.6. The van der Waals surface area contributed by atoms with Crippen LogP contribution in [0.4, 0.5) is 0 Å². The number of piperazine rings is 1. The first-order valence-corrected chi connectivity index (χ1v) is 14.2. The van der Waals surface area contributed by atoms with Crippen LogP contribution in [0.25, 0.3) is 10.9 Å². The van der Waals surface area contributed by atoms with E-state index >= 15 is 0 Å². The lowest BCUT2D eigenvalue weighted by Gasteiger charge is -2.38. The highest BCUT2D eigenvalue weighted by Gasteiger charge is 2.33. The van der Waals surface area contributed by atoms with Crippen molar-refractivity contribution in [2.24, 2.45) is 0 Å². The highest BCUT2D eigenvalue weighted by molar-refractivity contribution is 5.80. The van der Waals surface area contributed by atoms with E-state index in [9.17, 15) is 4.79 Å². The van der Waals surface area contributed by atoms with Gasteiger partial charge in [-0.05, 0) is 64.9 Å². The Morgan fingerprint density at radius 3 is 2.75 bits per heavy atom. The van der Waals surface area contributed by atoms with Crippen LogP contribution in [0.2, 0.25) is 0 Å². The van der Waals surface area contributed by atoms with E-state index in [-0.39, 0.29) is 17.7 Å². The number of nitrogens with zero attached hydrogens (tertiary/aromatic N) is 6. The molecule has 10 nitrogen and oxygen atoms in total. The van der Waals surface area contributed by atoms with Gasteiger partial charge in [0.2, 0.25) is 0 Å². The number of H-pyrrole nitrogens is 1. The second-order valence-corrected chi connectivity index (χ2v) is 10.7. The number of benzene rings is 2. The minimum atomic E-state index is -0.372. The summed E-state index contributed by atoms with van der Waals surface area (Å²) >= 11 is 0. The summed E-state index contributed by atoms with van der Waals surface area (Å²) in [4.78, 5) is 21.5. The van der Waals surface area contributed by atoms with E-state index in [1.165, 1.54) is 11.1 Å². The first-order chi connectivity index (χ1) is 19.6. The molecular weight excluding hydrogens is 506 g/mol. The third kappa shape index (κ3) is 5.52. The third-order valence-electron chi connectivity index (χ3n) is 8.20. The molecule has 2 aromatic heterocycles. The van der Waals surface area contributed by atoms with Crippen LogP contribution in [0.3, 0.4) is 0 Å². The normalized spacial score (nSPS) is 19.3. The monoisotopic (exact) mass is 543 g/mol. The predicted molar refractivity (Wildman–Crippen MR) is 152 cm³/mol. The molecule has 2 aliphatic rings. The van der Waals surface area contributed by atoms with Crippen molar-refractivity contribution in [1.82, 2.24) is 35.0 Å². The number of pyridine rings is 1. The van der Waals surface area contributed by atoms with Gasteiger partial charge in [0.25, 0.3) is 5.56 Å². The molecule has 0 bridgehead atoms. The third-order valence-corrected chi connectivity index (χ3v) is 8.20. The van der Waals surface area contributed by atoms with Gasteiger partial charge in [0.05, 0.1) is 19.8 Å². The summed E-state index contributed by atoms with van der Waals surface area (Å²) in [5.74, 6) is 1.59. The van der Waals surface area contributed by atoms with Gasteiger partial charge in [-0.2, -0.15) is 0 Å². The predicted octanol–water partition coefficient (Wildman–Crippen LogP) is 3.17. The van der Waals surface area contributed by atoms with E-state index in [0.29, 0.717) is 17.9 Å². The average Bonchev–Trinajstić information content (AvgIpc) is 3.67. The molecule has 0 unspecified atom stereocenters. The summed E-state index contributed by atoms with van der Waals surface area (Å²) in [7, 11) is 1.72. The number of nitrogens with one attached hydrogen (secondary N) is 1. The number of hydrogen-bond donors (Lipinski definition) is 1. The molecule has 0 radical (unpaired) electrons. The van der Waals surface area contributed by atoms with Crippen molar-refractivity contribution >= 4 is 10.9 Å². The number of fused-ring (bicyclic) bond motifs is 1. The zero-order valence-electron chi connectivity index (χ0n) is 23.3. The lowest BCUT2D eigenvalue weighted by Crippen LogP contribution is -2.48. The first kappa shape index (κ1) is 26.6. The summed E-state index contributed by atoms with van der Waals surface area (Å²) in [6, 6.07) is 16.0. The summed E-state index contributed by atoms with van der Waals surface area (Å²) in [6.45, 7) is 7.57. The summed E-state index contributed by atoms with van der Waals surface area (Å²) in [5, 5.41) is 13.9. The Morgan fingerprint density at radius 1 is 1.12 bits per heavy atom. The number of methoxy groups -OCH3 is 1. The SMILES string of the molecule is CCc1ccc2[nH]c(=O)c([C@H](c3nnnn3C[C@@H]3CCCO3)N3CCN(Cc4ccccc4OC)CC3)cc2c1. The lowest BCUT2D eigenvalue weighted by atomic mass is 10.0. The molecule has 4 heterocycles. The first-order valence-electron chi connectivity index (χ1n) is 14.2. The van der Waals surface area contributed by atoms with Crippen molar-refractivity contribution in [2.75, 3.05) is 39.9 Å². The zero-order valence-corrected chi connectivity index (χ0v) is 23.3. The van der Waals surface area contributed by atoms with Crippen LogP contribution in [0.15, 0.2) is 53.3 Å². The van der Waals surface area contributed by atoms with Gasteiger partial charge < -0.3 is 14.5 Å². The second kappa shape index (κ2) is 11.9. The molecular formula is C30H37N7O3. The molecule has 6 rings (SSSR count). The van der Waals surface area contributed by atoms with E-state index in [4.69, 9.17) is 9.47 Å². The van der Waals surface area contributed by atoms with Gasteiger partial charge in [0.1, 0.15) is 11.8 Å². The molecule has 40 heavy (non-hydrogen) atoms. The van der Waals surface area contributed by atoms with Crippen molar-refractivity contribution < 1.29 is 9.47 Å². The Labute approximate surface area is 233 Å². The lowest BCUT2D eigenvalue weighted by molar-refractivity contribution is 0.0838. The molecule has 0 aliphatic carbocycles. The van der Waals surface area contributed by atoms with Crippen LogP contribution in [0, 0.1) is 0 Å². The van der Waals surface area contributed by atoms with Crippen molar-refractivity contribution in [3.8, 4) is 5.75 Å². The molecule has 210 valence electrons. The number of rotatable bonds is 9. The molecule has 0 amide bonds. The minimum absolute atomic E-state index is 0.0857. The average molecular weight is 544 g/mol. The largest absolute Gasteiger partial charge is 0.496 e. The van der Waals surface area contributed by atoms with E-state index in [1.807, 2.05) is 35.0 Å². The number of hydrogen-bond acceptors (Lipinski definition) is 8. The van der Waals surface area contributed by atoms with Crippen LogP contribution in [-0.2, 0) is 24.2 Å². The van der Waals surface area contributed by atoms with Crippen molar-refractivity contribution in [3.05, 3.63) is 81.4 Å². The maximum Gasteiger partial charge on any atom is 0.253 e. The van der Waals surface area contributed by atoms with Crippen LogP contribution >= 0.6 is 0 Å². The molecule has 2 atom stereocenters. The van der Waals surface area contributed by atoms with Gasteiger partial charge in [-0.3, -0.25) is 14.6 Å². The van der Waals surface area contributed by atoms with Crippen molar-refractivity contribution in [3.63, 3.8) is 0 Å². The molecule has 2 aliphatic heterocycles. The number of aryl methyl sites for hydroxylation is 1. The number of aromatic nitrogens is 5. The van der Waals surface area contributed by atoms with Gasteiger partial charge >= 0.3 is 0 Å². The topological polar surface area (TPSA) is 101 Å². The fraction of sp³-hybridized carbons (Fsp3) is 0.467. The molecule has 1 N–H and O–H groups in total. The maximum atomic E-state index is 13.6. The van der Waals surface area contributed by atoms with Gasteiger partial charge in [0, 0.05) is 56.0 Å². The van der Waals surface area contributed by atoms with Crippen molar-refractivity contribution in [1.29, 1.82) is 0 Å². The molecule has 0 saturated carbocycles. The van der Waals surface area contributed by atoms with Crippen LogP contribution in [0.1, 0.15) is 48.3 Å². The van der Waals surface area contributed by atoms with E-state index in [0.717, 1.165) is 75.2 Å². The Balaban J connectivity index is 1.32. The Kier molecular flexibility index (Phi) is 7.90. The number of tetrazole rings is 1. The molecule has 0 spiro atoms. The van der Waals surface area contributed by atoms with E-state index < -0.39 is 0 Å². The smallest absolute Gasteiger partial charge is 0.253 e. The Hall–Kier alpha value is -3.60. The number of ether oxygens (including phenoxy) is 2. The Morgan fingerprint density at radius 2 is 1.98 bits per heavy atom. The molecule has 4 aromatic rings. The van der Waals surface area contributed by atoms with E-state index in [2.05, 4.69) is 55.4 Å². The highest BCUT2D eigenvalue weighted by Crippen LogP contribution is 2.29. The summed E-state index contributed by atoms with van der Waals surface area (Å²) in [5.41, 5.74) is 3.81. The van der Waals surface area contributed by atoms with Gasteiger partial charge in [0.15, 0.2) is 5.82 Å². The van der Waals surface area contributed by atoms with Crippen LogP contribution < -0.4 is 10.3 Å². The molecule has 10 heteroatoms.